The van der Waals surface area contributed by atoms with Gasteiger partial charge in [-0.3, -0.25) is 4.79 Å². The smallest absolute Gasteiger partial charge is 0.163 e. The van der Waals surface area contributed by atoms with E-state index >= 15 is 0 Å². The van der Waals surface area contributed by atoms with E-state index in [2.05, 4.69) is 0 Å². The van der Waals surface area contributed by atoms with E-state index < -0.39 is 5.82 Å². The third-order valence-electron chi connectivity index (χ3n) is 1.81. The molecular weight excluding hydrogens is 157 g/mol. The van der Waals surface area contributed by atoms with Crippen LogP contribution in [-0.2, 0) is 0 Å². The number of carbonyl (C=O) groups excluding carboxylic acids is 1. The molecule has 0 aliphatic heterocycles. The van der Waals surface area contributed by atoms with E-state index in [0.29, 0.717) is 11.3 Å². The lowest BCUT2D eigenvalue weighted by atomic mass is 10.0. The Balaban J connectivity index is 3.43. The molecule has 1 rings (SSSR count). The van der Waals surface area contributed by atoms with Crippen LogP contribution in [0.1, 0.15) is 22.8 Å². The summed E-state index contributed by atoms with van der Waals surface area (Å²) in [6.45, 7) is 2.96. The molecule has 0 heterocycles. The summed E-state index contributed by atoms with van der Waals surface area (Å²) in [4.78, 5) is 10.9. The van der Waals surface area contributed by atoms with Crippen LogP contribution < -0.4 is 5.73 Å². The summed E-state index contributed by atoms with van der Waals surface area (Å²) in [6, 6.07) is 2.66. The first kappa shape index (κ1) is 8.71. The highest BCUT2D eigenvalue weighted by molar-refractivity contribution is 5.97. The number of carbonyl (C=O) groups is 1. The topological polar surface area (TPSA) is 43.1 Å². The molecule has 0 unspecified atom stereocenters. The Kier molecular flexibility index (Phi) is 2.13. The van der Waals surface area contributed by atoms with E-state index in [-0.39, 0.29) is 11.3 Å². The number of Topliss-reactive ketones (excluding diaryl/α,β-unsaturated/α-hetero) is 1. The van der Waals surface area contributed by atoms with Crippen LogP contribution >= 0.6 is 0 Å². The number of hydrogen-bond acceptors (Lipinski definition) is 2. The predicted octanol–water partition coefficient (Wildman–Crippen LogP) is 1.92. The number of hydrogen-bond donors (Lipinski definition) is 1. The molecule has 0 bridgehead atoms. The molecule has 3 heteroatoms. The highest BCUT2D eigenvalue weighted by Gasteiger charge is 2.11. The Morgan fingerprint density at radius 2 is 2.08 bits per heavy atom. The van der Waals surface area contributed by atoms with Crippen LogP contribution in [0.3, 0.4) is 0 Å². The van der Waals surface area contributed by atoms with Crippen molar-refractivity contribution < 1.29 is 9.18 Å². The van der Waals surface area contributed by atoms with Crippen LogP contribution in [0.5, 0.6) is 0 Å². The molecule has 0 spiro atoms. The van der Waals surface area contributed by atoms with Crippen molar-refractivity contribution in [3.8, 4) is 0 Å². The fourth-order valence-electron chi connectivity index (χ4n) is 1.13. The molecular formula is C9H10FNO. The number of nitrogen functional groups attached to an aromatic ring is 1. The SMILES string of the molecule is CC(=O)c1c(F)ccc(N)c1C. The van der Waals surface area contributed by atoms with Crippen molar-refractivity contribution in [2.45, 2.75) is 13.8 Å². The monoisotopic (exact) mass is 167 g/mol. The van der Waals surface area contributed by atoms with Gasteiger partial charge in [0.25, 0.3) is 0 Å². The van der Waals surface area contributed by atoms with E-state index in [1.807, 2.05) is 0 Å². The van der Waals surface area contributed by atoms with Crippen LogP contribution in [0.25, 0.3) is 0 Å². The van der Waals surface area contributed by atoms with Crippen molar-refractivity contribution in [3.63, 3.8) is 0 Å². The van der Waals surface area contributed by atoms with Crippen molar-refractivity contribution >= 4 is 11.5 Å². The van der Waals surface area contributed by atoms with Gasteiger partial charge >= 0.3 is 0 Å². The Hall–Kier alpha value is -1.38. The highest BCUT2D eigenvalue weighted by atomic mass is 19.1. The Bertz CT molecular complexity index is 334. The minimum Gasteiger partial charge on any atom is -0.398 e. The fourth-order valence-corrected chi connectivity index (χ4v) is 1.13. The van der Waals surface area contributed by atoms with E-state index in [0.717, 1.165) is 0 Å². The fraction of sp³-hybridized carbons (Fsp3) is 0.222. The van der Waals surface area contributed by atoms with E-state index in [1.165, 1.54) is 19.1 Å². The molecule has 12 heavy (non-hydrogen) atoms. The van der Waals surface area contributed by atoms with Crippen molar-refractivity contribution in [2.75, 3.05) is 5.73 Å². The van der Waals surface area contributed by atoms with Crippen molar-refractivity contribution in [2.24, 2.45) is 0 Å². The average Bonchev–Trinajstić information content (AvgIpc) is 1.97. The van der Waals surface area contributed by atoms with Gasteiger partial charge in [0.15, 0.2) is 5.78 Å². The number of benzene rings is 1. The molecule has 1 aromatic rings. The van der Waals surface area contributed by atoms with Gasteiger partial charge in [0.2, 0.25) is 0 Å². The first-order chi connectivity index (χ1) is 5.54. The highest BCUT2D eigenvalue weighted by Crippen LogP contribution is 2.19. The van der Waals surface area contributed by atoms with E-state index in [9.17, 15) is 9.18 Å². The maximum atomic E-state index is 13.0. The maximum Gasteiger partial charge on any atom is 0.163 e. The molecule has 1 aromatic carbocycles. The van der Waals surface area contributed by atoms with Gasteiger partial charge in [-0.1, -0.05) is 0 Å². The quantitative estimate of drug-likeness (QED) is 0.513. The molecule has 0 saturated heterocycles. The van der Waals surface area contributed by atoms with Gasteiger partial charge in [0, 0.05) is 5.69 Å². The van der Waals surface area contributed by atoms with Crippen molar-refractivity contribution in [1.82, 2.24) is 0 Å². The Morgan fingerprint density at radius 1 is 1.50 bits per heavy atom. The third kappa shape index (κ3) is 1.30. The van der Waals surface area contributed by atoms with Crippen molar-refractivity contribution in [3.05, 3.63) is 29.1 Å². The molecule has 2 N–H and O–H groups in total. The second kappa shape index (κ2) is 2.93. The van der Waals surface area contributed by atoms with Crippen LogP contribution in [0.15, 0.2) is 12.1 Å². The summed E-state index contributed by atoms with van der Waals surface area (Å²) in [6.07, 6.45) is 0. The molecule has 0 aliphatic carbocycles. The molecule has 0 aliphatic rings. The van der Waals surface area contributed by atoms with Gasteiger partial charge in [-0.15, -0.1) is 0 Å². The minimum absolute atomic E-state index is 0.0926. The van der Waals surface area contributed by atoms with Crippen LogP contribution in [0.4, 0.5) is 10.1 Å². The van der Waals surface area contributed by atoms with Crippen LogP contribution in [-0.4, -0.2) is 5.78 Å². The average molecular weight is 167 g/mol. The summed E-state index contributed by atoms with van der Waals surface area (Å²) in [5, 5.41) is 0. The lowest BCUT2D eigenvalue weighted by Crippen LogP contribution is -2.03. The van der Waals surface area contributed by atoms with Crippen LogP contribution in [0.2, 0.25) is 0 Å². The van der Waals surface area contributed by atoms with E-state index in [4.69, 9.17) is 5.73 Å². The third-order valence-corrected chi connectivity index (χ3v) is 1.81. The molecule has 0 atom stereocenters. The number of anilines is 1. The minimum atomic E-state index is -0.505. The molecule has 64 valence electrons. The Morgan fingerprint density at radius 3 is 2.50 bits per heavy atom. The molecule has 0 radical (unpaired) electrons. The number of rotatable bonds is 1. The van der Waals surface area contributed by atoms with Gasteiger partial charge in [0.05, 0.1) is 5.56 Å². The predicted molar refractivity (Wildman–Crippen MR) is 45.6 cm³/mol. The maximum absolute atomic E-state index is 13.0. The number of ketones is 1. The number of nitrogens with two attached hydrogens (primary N) is 1. The lowest BCUT2D eigenvalue weighted by Gasteiger charge is -2.05. The second-order valence-corrected chi connectivity index (χ2v) is 2.69. The van der Waals surface area contributed by atoms with Crippen LogP contribution in [0, 0.1) is 12.7 Å². The summed E-state index contributed by atoms with van der Waals surface area (Å²) in [5.74, 6) is -0.800. The van der Waals surface area contributed by atoms with Gasteiger partial charge in [0.1, 0.15) is 5.82 Å². The summed E-state index contributed by atoms with van der Waals surface area (Å²) in [7, 11) is 0. The number of halogens is 1. The molecule has 0 aromatic heterocycles. The lowest BCUT2D eigenvalue weighted by molar-refractivity contribution is 0.101. The molecule has 0 amide bonds. The normalized spacial score (nSPS) is 9.92. The zero-order valence-electron chi connectivity index (χ0n) is 7.02. The van der Waals surface area contributed by atoms with Gasteiger partial charge < -0.3 is 5.73 Å². The second-order valence-electron chi connectivity index (χ2n) is 2.69. The summed E-state index contributed by atoms with van der Waals surface area (Å²) in [5.41, 5.74) is 6.56. The largest absolute Gasteiger partial charge is 0.398 e. The zero-order valence-corrected chi connectivity index (χ0v) is 7.02. The Labute approximate surface area is 70.2 Å². The zero-order chi connectivity index (χ0) is 9.30. The van der Waals surface area contributed by atoms with Gasteiger partial charge in [-0.25, -0.2) is 4.39 Å². The standard InChI is InChI=1S/C9H10FNO/c1-5-8(11)4-3-7(10)9(5)6(2)12/h3-4H,11H2,1-2H3. The van der Waals surface area contributed by atoms with E-state index in [1.54, 1.807) is 6.92 Å². The first-order valence-corrected chi connectivity index (χ1v) is 3.59. The molecule has 2 nitrogen and oxygen atoms in total. The summed E-state index contributed by atoms with van der Waals surface area (Å²) >= 11 is 0. The summed E-state index contributed by atoms with van der Waals surface area (Å²) < 4.78 is 13.0. The molecule has 0 fully saturated rings. The van der Waals surface area contributed by atoms with Gasteiger partial charge in [-0.05, 0) is 31.5 Å². The van der Waals surface area contributed by atoms with Gasteiger partial charge in [-0.2, -0.15) is 0 Å². The first-order valence-electron chi connectivity index (χ1n) is 3.59. The molecule has 0 saturated carbocycles. The van der Waals surface area contributed by atoms with Crippen molar-refractivity contribution in [1.29, 1.82) is 0 Å².